The highest BCUT2D eigenvalue weighted by Crippen LogP contribution is 2.35. The number of ether oxygens (including phenoxy) is 3. The molecular weight excluding hydrogens is 539 g/mol. The van der Waals surface area contributed by atoms with Gasteiger partial charge < -0.3 is 24.0 Å². The Labute approximate surface area is 248 Å². The lowest BCUT2D eigenvalue weighted by Crippen LogP contribution is -2.24. The Morgan fingerprint density at radius 3 is 1.83 bits per heavy atom. The number of phosphoric ester groups is 1. The van der Waals surface area contributed by atoms with Crippen LogP contribution >= 0.6 is 7.82 Å². The van der Waals surface area contributed by atoms with Gasteiger partial charge in [-0.25, -0.2) is 4.57 Å². The van der Waals surface area contributed by atoms with Crippen molar-refractivity contribution >= 4 is 18.6 Å². The third-order valence-corrected chi connectivity index (χ3v) is 7.85. The Balaban J connectivity index is 1.62. The molecule has 2 aromatic carbocycles. The fourth-order valence-corrected chi connectivity index (χ4v) is 5.36. The molecular formula is C33H55O7P. The number of benzene rings is 2. The second-order valence-electron chi connectivity index (χ2n) is 11.0. The van der Waals surface area contributed by atoms with Crippen molar-refractivity contribution in [1.82, 2.24) is 0 Å². The number of hydrogen-bond donors (Lipinski definition) is 2. The third kappa shape index (κ3) is 18.6. The summed E-state index contributed by atoms with van der Waals surface area (Å²) in [4.78, 5) is 17.4. The maximum atomic E-state index is 10.7. The third-order valence-electron chi connectivity index (χ3n) is 7.34. The molecule has 0 spiro atoms. The second kappa shape index (κ2) is 23.0. The van der Waals surface area contributed by atoms with Gasteiger partial charge in [-0.2, -0.15) is 0 Å². The van der Waals surface area contributed by atoms with Gasteiger partial charge in [0.05, 0.1) is 33.0 Å². The zero-order chi connectivity index (χ0) is 29.4. The van der Waals surface area contributed by atoms with E-state index in [0.717, 1.165) is 29.4 Å². The maximum absolute atomic E-state index is 10.7. The largest absolute Gasteiger partial charge is 0.487 e. The zero-order valence-electron chi connectivity index (χ0n) is 25.4. The molecule has 234 valence electrons. The normalized spacial score (nSPS) is 12.7. The Hall–Kier alpha value is -1.47. The molecule has 2 N–H and O–H groups in total. The summed E-state index contributed by atoms with van der Waals surface area (Å²) in [5, 5.41) is 2.26. The summed E-state index contributed by atoms with van der Waals surface area (Å²) in [5.41, 5.74) is 0. The molecule has 8 heteroatoms. The van der Waals surface area contributed by atoms with Crippen LogP contribution in [-0.4, -0.2) is 48.9 Å². The molecule has 0 bridgehead atoms. The molecule has 0 saturated heterocycles. The van der Waals surface area contributed by atoms with Crippen molar-refractivity contribution in [3.63, 3.8) is 0 Å². The molecule has 0 radical (unpaired) electrons. The van der Waals surface area contributed by atoms with Gasteiger partial charge in [-0.05, 0) is 24.3 Å². The van der Waals surface area contributed by atoms with Gasteiger partial charge >= 0.3 is 7.82 Å². The molecule has 0 heterocycles. The summed E-state index contributed by atoms with van der Waals surface area (Å²) in [5.74, 6) is 0.878. The first-order valence-corrected chi connectivity index (χ1v) is 17.5. The van der Waals surface area contributed by atoms with E-state index < -0.39 is 7.82 Å². The van der Waals surface area contributed by atoms with Crippen LogP contribution in [0.2, 0.25) is 0 Å². The molecule has 41 heavy (non-hydrogen) atoms. The van der Waals surface area contributed by atoms with Gasteiger partial charge in [0.1, 0.15) is 11.9 Å². The molecule has 7 nitrogen and oxygen atoms in total. The van der Waals surface area contributed by atoms with E-state index in [2.05, 4.69) is 29.6 Å². The van der Waals surface area contributed by atoms with Gasteiger partial charge in [-0.3, -0.25) is 4.52 Å². The minimum atomic E-state index is -4.45. The lowest BCUT2D eigenvalue weighted by molar-refractivity contribution is 0.00254. The summed E-state index contributed by atoms with van der Waals surface area (Å²) in [6.07, 6.45) is 21.0. The minimum Gasteiger partial charge on any atom is -0.487 e. The number of unbranched alkanes of at least 4 members (excludes halogenated alkanes) is 14. The Bertz CT molecular complexity index is 943. The molecule has 0 fully saturated rings. The van der Waals surface area contributed by atoms with Crippen molar-refractivity contribution in [1.29, 1.82) is 0 Å². The Morgan fingerprint density at radius 1 is 0.659 bits per heavy atom. The van der Waals surface area contributed by atoms with Crippen LogP contribution in [0.15, 0.2) is 42.5 Å². The SMILES string of the molecule is CCCCCCCCCCCCCCCCCC(COCCOCCOP(=O)(O)O)Oc1cccc2ccccc12. The fraction of sp³-hybridized carbons (Fsp3) is 0.697. The van der Waals surface area contributed by atoms with Gasteiger partial charge in [-0.15, -0.1) is 0 Å². The van der Waals surface area contributed by atoms with E-state index in [1.54, 1.807) is 0 Å². The Kier molecular flexibility index (Phi) is 20.1. The molecule has 2 rings (SSSR count). The average Bonchev–Trinajstić information content (AvgIpc) is 2.96. The van der Waals surface area contributed by atoms with Crippen LogP contribution in [0.25, 0.3) is 10.8 Å². The molecule has 0 amide bonds. The number of rotatable bonds is 27. The molecule has 0 saturated carbocycles. The van der Waals surface area contributed by atoms with Crippen LogP contribution in [0.4, 0.5) is 0 Å². The first-order chi connectivity index (χ1) is 20.0. The van der Waals surface area contributed by atoms with Crippen molar-refractivity contribution in [2.75, 3.05) is 33.0 Å². The van der Waals surface area contributed by atoms with E-state index in [1.165, 1.54) is 89.9 Å². The summed E-state index contributed by atoms with van der Waals surface area (Å²) in [6, 6.07) is 14.4. The second-order valence-corrected chi connectivity index (χ2v) is 12.2. The van der Waals surface area contributed by atoms with Crippen LogP contribution in [0.3, 0.4) is 0 Å². The van der Waals surface area contributed by atoms with Crippen LogP contribution in [0, 0.1) is 0 Å². The summed E-state index contributed by atoms with van der Waals surface area (Å²) in [6.45, 7) is 3.39. The van der Waals surface area contributed by atoms with Crippen molar-refractivity contribution in [3.05, 3.63) is 42.5 Å². The van der Waals surface area contributed by atoms with Crippen molar-refractivity contribution in [2.24, 2.45) is 0 Å². The highest BCUT2D eigenvalue weighted by molar-refractivity contribution is 7.46. The van der Waals surface area contributed by atoms with E-state index in [1.807, 2.05) is 24.3 Å². The van der Waals surface area contributed by atoms with Gasteiger partial charge in [-0.1, -0.05) is 133 Å². The minimum absolute atomic E-state index is 0.0548. The van der Waals surface area contributed by atoms with Gasteiger partial charge in [0.25, 0.3) is 0 Å². The predicted octanol–water partition coefficient (Wildman–Crippen LogP) is 8.99. The van der Waals surface area contributed by atoms with Crippen LogP contribution in [0.5, 0.6) is 5.75 Å². The standard InChI is InChI=1S/C33H55O7P/c1-2-3-4-5-6-7-8-9-10-11-12-13-14-15-16-22-31(29-38-26-25-37-27-28-39-41(34,35)36)40-33-24-19-21-30-20-17-18-23-32(30)33/h17-21,23-24,31H,2-16,22,25-29H2,1H3,(H2,34,35,36). The first kappa shape index (κ1) is 35.7. The summed E-state index contributed by atoms with van der Waals surface area (Å²) >= 11 is 0. The smallest absolute Gasteiger partial charge is 0.469 e. The molecule has 0 aromatic heterocycles. The van der Waals surface area contributed by atoms with E-state index >= 15 is 0 Å². The van der Waals surface area contributed by atoms with E-state index in [-0.39, 0.29) is 19.3 Å². The van der Waals surface area contributed by atoms with E-state index in [9.17, 15) is 4.57 Å². The number of hydrogen-bond acceptors (Lipinski definition) is 5. The lowest BCUT2D eigenvalue weighted by Gasteiger charge is -2.20. The molecule has 0 aliphatic carbocycles. The molecule has 0 aliphatic rings. The summed E-state index contributed by atoms with van der Waals surface area (Å²) in [7, 11) is -4.45. The molecule has 2 aromatic rings. The first-order valence-electron chi connectivity index (χ1n) is 16.0. The van der Waals surface area contributed by atoms with Gasteiger partial charge in [0.15, 0.2) is 0 Å². The number of phosphoric acid groups is 1. The number of fused-ring (bicyclic) bond motifs is 1. The van der Waals surface area contributed by atoms with Crippen molar-refractivity contribution in [2.45, 2.75) is 116 Å². The average molecular weight is 595 g/mol. The van der Waals surface area contributed by atoms with Crippen molar-refractivity contribution < 1.29 is 33.1 Å². The van der Waals surface area contributed by atoms with E-state index in [0.29, 0.717) is 19.8 Å². The van der Waals surface area contributed by atoms with Crippen LogP contribution in [-0.2, 0) is 18.6 Å². The molecule has 0 aliphatic heterocycles. The lowest BCUT2D eigenvalue weighted by atomic mass is 10.0. The topological polar surface area (TPSA) is 94.5 Å². The van der Waals surface area contributed by atoms with Gasteiger partial charge in [0.2, 0.25) is 0 Å². The maximum Gasteiger partial charge on any atom is 0.469 e. The predicted molar refractivity (Wildman–Crippen MR) is 168 cm³/mol. The molecule has 1 atom stereocenters. The van der Waals surface area contributed by atoms with Crippen LogP contribution in [0.1, 0.15) is 110 Å². The van der Waals surface area contributed by atoms with E-state index in [4.69, 9.17) is 24.0 Å². The zero-order valence-corrected chi connectivity index (χ0v) is 26.2. The quantitative estimate of drug-likeness (QED) is 0.0787. The molecule has 1 unspecified atom stereocenters. The highest BCUT2D eigenvalue weighted by Gasteiger charge is 2.14. The van der Waals surface area contributed by atoms with Crippen LogP contribution < -0.4 is 4.74 Å². The van der Waals surface area contributed by atoms with Crippen molar-refractivity contribution in [3.8, 4) is 5.75 Å². The highest BCUT2D eigenvalue weighted by atomic mass is 31.2. The Morgan fingerprint density at radius 2 is 1.20 bits per heavy atom. The monoisotopic (exact) mass is 594 g/mol. The fourth-order valence-electron chi connectivity index (χ4n) is 5.05. The summed E-state index contributed by atoms with van der Waals surface area (Å²) < 4.78 is 32.7. The van der Waals surface area contributed by atoms with Gasteiger partial charge in [0, 0.05) is 5.39 Å².